The Kier molecular flexibility index (Phi) is 3.69. The zero-order valence-electron chi connectivity index (χ0n) is 10.2. The van der Waals surface area contributed by atoms with Gasteiger partial charge in [0.15, 0.2) is 17.5 Å². The molecule has 6 heteroatoms. The number of carbonyl (C=O) groups is 1. The van der Waals surface area contributed by atoms with Gasteiger partial charge in [-0.25, -0.2) is 13.2 Å². The minimum Gasteiger partial charge on any atom is -0.287 e. The van der Waals surface area contributed by atoms with Crippen LogP contribution in [0.2, 0.25) is 0 Å². The molecule has 0 N–H and O–H groups in total. The molecular formula is C13H11F3N2O. The smallest absolute Gasteiger partial charge is 0.214 e. The van der Waals surface area contributed by atoms with Gasteiger partial charge in [-0.15, -0.1) is 0 Å². The molecule has 2 rings (SSSR count). The summed E-state index contributed by atoms with van der Waals surface area (Å²) in [4.78, 5) is 12.1. The van der Waals surface area contributed by atoms with Crippen LogP contribution in [-0.4, -0.2) is 15.6 Å². The van der Waals surface area contributed by atoms with Crippen molar-refractivity contribution in [1.82, 2.24) is 9.78 Å². The van der Waals surface area contributed by atoms with Gasteiger partial charge >= 0.3 is 0 Å². The lowest BCUT2D eigenvalue weighted by Gasteiger charge is -2.06. The van der Waals surface area contributed by atoms with Crippen molar-refractivity contribution in [3.8, 4) is 0 Å². The number of hydrogen-bond acceptors (Lipinski definition) is 2. The Bertz CT molecular complexity index is 622. The van der Waals surface area contributed by atoms with Gasteiger partial charge < -0.3 is 0 Å². The molecule has 0 amide bonds. The molecule has 0 bridgehead atoms. The number of aryl methyl sites for hydroxylation is 1. The first-order chi connectivity index (χ1) is 9.06. The highest BCUT2D eigenvalue weighted by Gasteiger charge is 2.22. The molecule has 0 aliphatic rings. The molecule has 3 nitrogen and oxygen atoms in total. The lowest BCUT2D eigenvalue weighted by atomic mass is 10.1. The molecule has 0 aliphatic carbocycles. The first kappa shape index (κ1) is 13.3. The van der Waals surface area contributed by atoms with Crippen molar-refractivity contribution in [2.75, 3.05) is 0 Å². The second kappa shape index (κ2) is 5.26. The molecule has 0 spiro atoms. The molecule has 0 atom stereocenters. The third-order valence-electron chi connectivity index (χ3n) is 2.66. The summed E-state index contributed by atoms with van der Waals surface area (Å²) in [5.74, 6) is -5.17. The highest BCUT2D eigenvalue weighted by Crippen LogP contribution is 2.18. The van der Waals surface area contributed by atoms with Crippen molar-refractivity contribution in [1.29, 1.82) is 0 Å². The zero-order chi connectivity index (χ0) is 14.0. The summed E-state index contributed by atoms with van der Waals surface area (Å²) >= 11 is 0. The van der Waals surface area contributed by atoms with Gasteiger partial charge in [-0.3, -0.25) is 9.48 Å². The van der Waals surface area contributed by atoms with E-state index in [-0.39, 0.29) is 5.69 Å². The molecule has 0 saturated carbocycles. The van der Waals surface area contributed by atoms with E-state index in [4.69, 9.17) is 0 Å². The van der Waals surface area contributed by atoms with Crippen LogP contribution < -0.4 is 0 Å². The quantitative estimate of drug-likeness (QED) is 0.631. The Balaban J connectivity index is 2.45. The van der Waals surface area contributed by atoms with Crippen molar-refractivity contribution in [3.05, 3.63) is 53.1 Å². The van der Waals surface area contributed by atoms with Gasteiger partial charge in [0.25, 0.3) is 0 Å². The van der Waals surface area contributed by atoms with Crippen LogP contribution in [0.1, 0.15) is 29.4 Å². The van der Waals surface area contributed by atoms with Gasteiger partial charge in [0.2, 0.25) is 5.78 Å². The summed E-state index contributed by atoms with van der Waals surface area (Å²) < 4.78 is 40.9. The first-order valence-corrected chi connectivity index (χ1v) is 5.76. The van der Waals surface area contributed by atoms with Crippen LogP contribution in [0.25, 0.3) is 0 Å². The van der Waals surface area contributed by atoms with E-state index in [1.807, 2.05) is 6.92 Å². The average Bonchev–Trinajstić information content (AvgIpc) is 2.84. The molecule has 0 radical (unpaired) electrons. The van der Waals surface area contributed by atoms with E-state index in [0.29, 0.717) is 6.54 Å². The molecule has 0 unspecified atom stereocenters. The fourth-order valence-corrected chi connectivity index (χ4v) is 1.75. The number of aromatic nitrogens is 2. The fraction of sp³-hybridized carbons (Fsp3) is 0.231. The summed E-state index contributed by atoms with van der Waals surface area (Å²) in [6.07, 6.45) is 2.14. The second-order valence-electron chi connectivity index (χ2n) is 3.99. The number of ketones is 1. The Morgan fingerprint density at radius 3 is 2.63 bits per heavy atom. The molecule has 100 valence electrons. The Hall–Kier alpha value is -2.11. The maximum absolute atomic E-state index is 13.6. The van der Waals surface area contributed by atoms with E-state index in [1.165, 1.54) is 16.9 Å². The van der Waals surface area contributed by atoms with Gasteiger partial charge in [0.1, 0.15) is 5.69 Å². The van der Waals surface area contributed by atoms with Crippen LogP contribution in [0, 0.1) is 17.5 Å². The molecule has 1 aromatic carbocycles. The summed E-state index contributed by atoms with van der Waals surface area (Å²) in [5, 5.41) is 3.93. The molecule has 19 heavy (non-hydrogen) atoms. The third kappa shape index (κ3) is 2.38. The summed E-state index contributed by atoms with van der Waals surface area (Å²) in [7, 11) is 0. The zero-order valence-corrected chi connectivity index (χ0v) is 10.2. The van der Waals surface area contributed by atoms with Gasteiger partial charge in [-0.1, -0.05) is 6.92 Å². The average molecular weight is 268 g/mol. The Morgan fingerprint density at radius 2 is 1.95 bits per heavy atom. The highest BCUT2D eigenvalue weighted by atomic mass is 19.2. The van der Waals surface area contributed by atoms with Crippen LogP contribution in [0.15, 0.2) is 24.4 Å². The number of rotatable bonds is 4. The minimum absolute atomic E-state index is 0.145. The number of carbonyl (C=O) groups excluding carboxylic acids is 1. The maximum atomic E-state index is 13.6. The topological polar surface area (TPSA) is 34.9 Å². The highest BCUT2D eigenvalue weighted by molar-refractivity contribution is 6.08. The fourth-order valence-electron chi connectivity index (χ4n) is 1.75. The van der Waals surface area contributed by atoms with Crippen LogP contribution in [0.4, 0.5) is 13.2 Å². The van der Waals surface area contributed by atoms with Crippen molar-refractivity contribution in [2.24, 2.45) is 0 Å². The van der Waals surface area contributed by atoms with Gasteiger partial charge in [0, 0.05) is 12.7 Å². The molecule has 0 saturated heterocycles. The monoisotopic (exact) mass is 268 g/mol. The number of halogens is 3. The summed E-state index contributed by atoms with van der Waals surface area (Å²) in [5.41, 5.74) is -0.358. The lowest BCUT2D eigenvalue weighted by Crippen LogP contribution is -2.13. The maximum Gasteiger partial charge on any atom is 0.214 e. The van der Waals surface area contributed by atoms with Crippen molar-refractivity contribution < 1.29 is 18.0 Å². The standard InChI is InChI=1S/C13H11F3N2O/c1-2-7-18-10(5-6-17-18)13(19)8-3-4-9(14)12(16)11(8)15/h3-6H,2,7H2,1H3. The predicted molar refractivity (Wildman–Crippen MR) is 62.3 cm³/mol. The summed E-state index contributed by atoms with van der Waals surface area (Å²) in [6.45, 7) is 2.38. The van der Waals surface area contributed by atoms with Crippen LogP contribution >= 0.6 is 0 Å². The SMILES string of the molecule is CCCn1nccc1C(=O)c1ccc(F)c(F)c1F. The number of nitrogens with zero attached hydrogens (tertiary/aromatic N) is 2. The van der Waals surface area contributed by atoms with Crippen LogP contribution in [0.5, 0.6) is 0 Å². The molecule has 2 aromatic rings. The van der Waals surface area contributed by atoms with Crippen molar-refractivity contribution >= 4 is 5.78 Å². The normalized spacial score (nSPS) is 10.7. The molecule has 0 aliphatic heterocycles. The molecule has 1 aromatic heterocycles. The van der Waals surface area contributed by atoms with Crippen LogP contribution in [0.3, 0.4) is 0 Å². The minimum atomic E-state index is -1.65. The number of hydrogen-bond donors (Lipinski definition) is 0. The van der Waals surface area contributed by atoms with Gasteiger partial charge in [-0.05, 0) is 24.6 Å². The van der Waals surface area contributed by atoms with Crippen molar-refractivity contribution in [3.63, 3.8) is 0 Å². The first-order valence-electron chi connectivity index (χ1n) is 5.76. The van der Waals surface area contributed by atoms with Crippen LogP contribution in [-0.2, 0) is 6.54 Å². The number of benzene rings is 1. The molecule has 1 heterocycles. The van der Waals surface area contributed by atoms with E-state index in [0.717, 1.165) is 18.6 Å². The second-order valence-corrected chi connectivity index (χ2v) is 3.99. The Labute approximate surface area is 107 Å². The van der Waals surface area contributed by atoms with E-state index < -0.39 is 28.8 Å². The largest absolute Gasteiger partial charge is 0.287 e. The summed E-state index contributed by atoms with van der Waals surface area (Å²) in [6, 6.07) is 3.07. The van der Waals surface area contributed by atoms with Gasteiger partial charge in [0.05, 0.1) is 5.56 Å². The lowest BCUT2D eigenvalue weighted by molar-refractivity contribution is 0.102. The van der Waals surface area contributed by atoms with E-state index in [9.17, 15) is 18.0 Å². The molecule has 0 fully saturated rings. The van der Waals surface area contributed by atoms with E-state index in [2.05, 4.69) is 5.10 Å². The third-order valence-corrected chi connectivity index (χ3v) is 2.66. The van der Waals surface area contributed by atoms with E-state index in [1.54, 1.807) is 0 Å². The van der Waals surface area contributed by atoms with Crippen molar-refractivity contribution in [2.45, 2.75) is 19.9 Å². The van der Waals surface area contributed by atoms with E-state index >= 15 is 0 Å². The van der Waals surface area contributed by atoms with Gasteiger partial charge in [-0.2, -0.15) is 5.10 Å². The predicted octanol–water partition coefficient (Wildman–Crippen LogP) is 2.94. The molecular weight excluding hydrogens is 257 g/mol. The Morgan fingerprint density at radius 1 is 1.21 bits per heavy atom.